The Morgan fingerprint density at radius 2 is 1.62 bits per heavy atom. The summed E-state index contributed by atoms with van der Waals surface area (Å²) < 4.78 is 24.1. The summed E-state index contributed by atoms with van der Waals surface area (Å²) in [5.41, 5.74) is 6.57. The molecule has 0 radical (unpaired) electrons. The SMILES string of the molecule is Cc1cc(OCCOc2ccc(C(=N)N)cc2)ccc1F. The molecule has 0 atom stereocenters. The number of hydrogen-bond acceptors (Lipinski definition) is 3. The molecule has 2 rings (SSSR count). The smallest absolute Gasteiger partial charge is 0.126 e. The Hall–Kier alpha value is -2.56. The molecule has 0 unspecified atom stereocenters. The monoisotopic (exact) mass is 288 g/mol. The van der Waals surface area contributed by atoms with Gasteiger partial charge in [-0.15, -0.1) is 0 Å². The number of aryl methyl sites for hydroxylation is 1. The molecule has 0 saturated carbocycles. The normalized spacial score (nSPS) is 10.2. The molecule has 21 heavy (non-hydrogen) atoms. The van der Waals surface area contributed by atoms with Crippen LogP contribution < -0.4 is 15.2 Å². The summed E-state index contributed by atoms with van der Waals surface area (Å²) in [7, 11) is 0. The maximum absolute atomic E-state index is 13.1. The number of benzene rings is 2. The van der Waals surface area contributed by atoms with E-state index < -0.39 is 0 Å². The Morgan fingerprint density at radius 3 is 2.19 bits per heavy atom. The van der Waals surface area contributed by atoms with Crippen LogP contribution in [0.3, 0.4) is 0 Å². The summed E-state index contributed by atoms with van der Waals surface area (Å²) >= 11 is 0. The van der Waals surface area contributed by atoms with Crippen LogP contribution in [0.2, 0.25) is 0 Å². The second kappa shape index (κ2) is 6.74. The van der Waals surface area contributed by atoms with Crippen molar-refractivity contribution < 1.29 is 13.9 Å². The van der Waals surface area contributed by atoms with Gasteiger partial charge in [0.05, 0.1) is 0 Å². The molecule has 0 amide bonds. The average Bonchev–Trinajstić information content (AvgIpc) is 2.47. The van der Waals surface area contributed by atoms with Crippen LogP contribution in [0.25, 0.3) is 0 Å². The van der Waals surface area contributed by atoms with Gasteiger partial charge in [0.15, 0.2) is 0 Å². The van der Waals surface area contributed by atoms with Gasteiger partial charge in [0.25, 0.3) is 0 Å². The summed E-state index contributed by atoms with van der Waals surface area (Å²) in [5, 5.41) is 7.29. The summed E-state index contributed by atoms with van der Waals surface area (Å²) in [6.45, 7) is 2.42. The lowest BCUT2D eigenvalue weighted by Crippen LogP contribution is -2.11. The highest BCUT2D eigenvalue weighted by molar-refractivity contribution is 5.94. The summed E-state index contributed by atoms with van der Waals surface area (Å²) in [5.74, 6) is 1.07. The zero-order chi connectivity index (χ0) is 15.2. The predicted molar refractivity (Wildman–Crippen MR) is 79.6 cm³/mol. The van der Waals surface area contributed by atoms with E-state index in [4.69, 9.17) is 20.6 Å². The van der Waals surface area contributed by atoms with E-state index in [9.17, 15) is 4.39 Å². The Morgan fingerprint density at radius 1 is 1.05 bits per heavy atom. The summed E-state index contributed by atoms with van der Waals surface area (Å²) in [6.07, 6.45) is 0. The lowest BCUT2D eigenvalue weighted by atomic mass is 10.2. The third-order valence-corrected chi connectivity index (χ3v) is 2.92. The number of amidine groups is 1. The molecule has 2 aromatic rings. The van der Waals surface area contributed by atoms with E-state index >= 15 is 0 Å². The lowest BCUT2D eigenvalue weighted by molar-refractivity contribution is 0.217. The molecule has 0 heterocycles. The average molecular weight is 288 g/mol. The first kappa shape index (κ1) is 14.8. The molecule has 0 bridgehead atoms. The fraction of sp³-hybridized carbons (Fsp3) is 0.188. The van der Waals surface area contributed by atoms with E-state index in [1.165, 1.54) is 6.07 Å². The Bertz CT molecular complexity index is 627. The predicted octanol–water partition coefficient (Wildman–Crippen LogP) is 2.88. The minimum Gasteiger partial charge on any atom is -0.490 e. The third-order valence-electron chi connectivity index (χ3n) is 2.92. The van der Waals surface area contributed by atoms with Crippen LogP contribution in [-0.4, -0.2) is 19.0 Å². The first-order chi connectivity index (χ1) is 10.1. The second-order valence-electron chi connectivity index (χ2n) is 4.55. The van der Waals surface area contributed by atoms with E-state index in [0.29, 0.717) is 35.8 Å². The van der Waals surface area contributed by atoms with Crippen LogP contribution in [-0.2, 0) is 0 Å². The topological polar surface area (TPSA) is 68.3 Å². The molecule has 5 heteroatoms. The molecule has 3 N–H and O–H groups in total. The van der Waals surface area contributed by atoms with Crippen molar-refractivity contribution in [1.29, 1.82) is 5.41 Å². The van der Waals surface area contributed by atoms with Gasteiger partial charge in [0.1, 0.15) is 36.4 Å². The number of rotatable bonds is 6. The van der Waals surface area contributed by atoms with Gasteiger partial charge in [-0.25, -0.2) is 4.39 Å². The quantitative estimate of drug-likeness (QED) is 0.488. The highest BCUT2D eigenvalue weighted by Crippen LogP contribution is 2.16. The zero-order valence-electron chi connectivity index (χ0n) is 11.7. The van der Waals surface area contributed by atoms with E-state index in [-0.39, 0.29) is 11.7 Å². The van der Waals surface area contributed by atoms with Gasteiger partial charge in [-0.1, -0.05) is 0 Å². The van der Waals surface area contributed by atoms with Crippen molar-refractivity contribution >= 4 is 5.84 Å². The van der Waals surface area contributed by atoms with Crippen molar-refractivity contribution in [2.24, 2.45) is 5.73 Å². The van der Waals surface area contributed by atoms with Crippen LogP contribution >= 0.6 is 0 Å². The molecule has 0 aromatic heterocycles. The maximum atomic E-state index is 13.1. The van der Waals surface area contributed by atoms with E-state index in [2.05, 4.69) is 0 Å². The van der Waals surface area contributed by atoms with Crippen LogP contribution in [0.1, 0.15) is 11.1 Å². The van der Waals surface area contributed by atoms with Gasteiger partial charge in [-0.3, -0.25) is 5.41 Å². The van der Waals surface area contributed by atoms with Gasteiger partial charge >= 0.3 is 0 Å². The van der Waals surface area contributed by atoms with Crippen molar-refractivity contribution in [1.82, 2.24) is 0 Å². The maximum Gasteiger partial charge on any atom is 0.126 e. The molecule has 0 fully saturated rings. The van der Waals surface area contributed by atoms with Crippen LogP contribution in [0, 0.1) is 18.2 Å². The molecular weight excluding hydrogens is 271 g/mol. The van der Waals surface area contributed by atoms with Crippen LogP contribution in [0.15, 0.2) is 42.5 Å². The Kier molecular flexibility index (Phi) is 4.77. The number of ether oxygens (including phenoxy) is 2. The molecule has 0 aliphatic rings. The zero-order valence-corrected chi connectivity index (χ0v) is 11.7. The second-order valence-corrected chi connectivity index (χ2v) is 4.55. The highest BCUT2D eigenvalue weighted by Gasteiger charge is 2.01. The van der Waals surface area contributed by atoms with E-state index in [0.717, 1.165) is 0 Å². The molecular formula is C16H17FN2O2. The molecule has 0 aliphatic carbocycles. The molecule has 0 aliphatic heterocycles. The van der Waals surface area contributed by atoms with Crippen molar-refractivity contribution in [3.8, 4) is 11.5 Å². The third kappa shape index (κ3) is 4.21. The largest absolute Gasteiger partial charge is 0.490 e. The molecule has 0 saturated heterocycles. The van der Waals surface area contributed by atoms with Crippen molar-refractivity contribution in [3.63, 3.8) is 0 Å². The first-order valence-corrected chi connectivity index (χ1v) is 6.52. The number of nitrogens with two attached hydrogens (primary N) is 1. The van der Waals surface area contributed by atoms with Crippen LogP contribution in [0.5, 0.6) is 11.5 Å². The molecule has 4 nitrogen and oxygen atoms in total. The van der Waals surface area contributed by atoms with Crippen LogP contribution in [0.4, 0.5) is 4.39 Å². The summed E-state index contributed by atoms with van der Waals surface area (Å²) in [6, 6.07) is 11.6. The van der Waals surface area contributed by atoms with Crippen molar-refractivity contribution in [2.75, 3.05) is 13.2 Å². The number of nitrogens with one attached hydrogen (secondary N) is 1. The lowest BCUT2D eigenvalue weighted by Gasteiger charge is -2.09. The fourth-order valence-electron chi connectivity index (χ4n) is 1.76. The number of nitrogen functional groups attached to an aromatic ring is 1. The van der Waals surface area contributed by atoms with E-state index in [1.54, 1.807) is 43.3 Å². The Labute approximate surface area is 122 Å². The van der Waals surface area contributed by atoms with Gasteiger partial charge in [-0.05, 0) is 55.0 Å². The minimum atomic E-state index is -0.246. The van der Waals surface area contributed by atoms with Crippen molar-refractivity contribution in [3.05, 3.63) is 59.4 Å². The molecule has 110 valence electrons. The fourth-order valence-corrected chi connectivity index (χ4v) is 1.76. The number of hydrogen-bond donors (Lipinski definition) is 2. The molecule has 2 aromatic carbocycles. The van der Waals surface area contributed by atoms with E-state index in [1.807, 2.05) is 0 Å². The van der Waals surface area contributed by atoms with Gasteiger partial charge < -0.3 is 15.2 Å². The number of halogens is 1. The van der Waals surface area contributed by atoms with Gasteiger partial charge in [0.2, 0.25) is 0 Å². The van der Waals surface area contributed by atoms with Gasteiger partial charge in [0, 0.05) is 5.56 Å². The Balaban J connectivity index is 1.79. The standard InChI is InChI=1S/C16H17FN2O2/c1-11-10-14(6-7-15(11)17)21-9-8-20-13-4-2-12(3-5-13)16(18)19/h2-7,10H,8-9H2,1H3,(H3,18,19). The molecule has 0 spiro atoms. The minimum absolute atomic E-state index is 0.0246. The first-order valence-electron chi connectivity index (χ1n) is 6.52. The highest BCUT2D eigenvalue weighted by atomic mass is 19.1. The van der Waals surface area contributed by atoms with Gasteiger partial charge in [-0.2, -0.15) is 0 Å². The summed E-state index contributed by atoms with van der Waals surface area (Å²) in [4.78, 5) is 0. The van der Waals surface area contributed by atoms with Crippen molar-refractivity contribution in [2.45, 2.75) is 6.92 Å².